The van der Waals surface area contributed by atoms with Gasteiger partial charge in [0, 0.05) is 33.2 Å². The minimum atomic E-state index is -0.875. The van der Waals surface area contributed by atoms with Gasteiger partial charge < -0.3 is 20.1 Å². The first-order valence-electron chi connectivity index (χ1n) is 6.73. The van der Waals surface area contributed by atoms with Crippen LogP contribution in [0.25, 0.3) is 0 Å². The molecule has 2 N–H and O–H groups in total. The van der Waals surface area contributed by atoms with E-state index in [1.165, 1.54) is 0 Å². The van der Waals surface area contributed by atoms with E-state index in [1.54, 1.807) is 18.9 Å². The van der Waals surface area contributed by atoms with Crippen LogP contribution in [0.3, 0.4) is 0 Å². The first-order valence-corrected chi connectivity index (χ1v) is 6.73. The lowest BCUT2D eigenvalue weighted by atomic mass is 9.98. The third-order valence-electron chi connectivity index (χ3n) is 3.36. The fourth-order valence-corrected chi connectivity index (χ4v) is 2.35. The van der Waals surface area contributed by atoms with Crippen LogP contribution in [0.4, 0.5) is 0 Å². The second-order valence-corrected chi connectivity index (χ2v) is 5.25. The predicted octanol–water partition coefficient (Wildman–Crippen LogP) is 0.374. The SMILES string of the molecule is CCNC1CCCN(CC(C)(O)CCOC)C1=O. The number of ether oxygens (including phenoxy) is 1. The molecular weight excluding hydrogens is 232 g/mol. The number of nitrogens with one attached hydrogen (secondary N) is 1. The highest BCUT2D eigenvalue weighted by atomic mass is 16.5. The summed E-state index contributed by atoms with van der Waals surface area (Å²) < 4.78 is 4.98. The number of amides is 1. The number of β-amino-alcohol motifs (C(OH)–C–C–N with tert-alkyl or cyclic N) is 1. The molecule has 0 aliphatic carbocycles. The van der Waals surface area contributed by atoms with Gasteiger partial charge in [-0.15, -0.1) is 0 Å². The summed E-state index contributed by atoms with van der Waals surface area (Å²) in [5.74, 6) is 0.112. The molecule has 1 aliphatic heterocycles. The number of methoxy groups -OCH3 is 1. The highest BCUT2D eigenvalue weighted by molar-refractivity contribution is 5.82. The topological polar surface area (TPSA) is 61.8 Å². The second kappa shape index (κ2) is 7.07. The molecule has 0 aromatic heterocycles. The minimum Gasteiger partial charge on any atom is -0.388 e. The molecule has 1 amide bonds. The van der Waals surface area contributed by atoms with Crippen LogP contribution in [0.15, 0.2) is 0 Å². The third-order valence-corrected chi connectivity index (χ3v) is 3.36. The Morgan fingerprint density at radius 2 is 2.33 bits per heavy atom. The number of carbonyl (C=O) groups is 1. The minimum absolute atomic E-state index is 0.0815. The molecule has 0 aromatic carbocycles. The highest BCUT2D eigenvalue weighted by Gasteiger charge is 2.32. The standard InChI is InChI=1S/C13H26N2O3/c1-4-14-11-6-5-8-15(12(11)16)10-13(2,17)7-9-18-3/h11,14,17H,4-10H2,1-3H3. The van der Waals surface area contributed by atoms with E-state index in [1.807, 2.05) is 6.92 Å². The number of rotatable bonds is 7. The molecule has 0 bridgehead atoms. The maximum Gasteiger partial charge on any atom is 0.239 e. The van der Waals surface area contributed by atoms with Crippen LogP contribution in [0.1, 0.15) is 33.1 Å². The molecule has 5 heteroatoms. The average molecular weight is 258 g/mol. The summed E-state index contributed by atoms with van der Waals surface area (Å²) in [6, 6.07) is -0.0815. The lowest BCUT2D eigenvalue weighted by Crippen LogP contribution is -2.54. The molecule has 5 nitrogen and oxygen atoms in total. The largest absolute Gasteiger partial charge is 0.388 e. The summed E-state index contributed by atoms with van der Waals surface area (Å²) in [6.07, 6.45) is 2.42. The van der Waals surface area contributed by atoms with E-state index in [0.29, 0.717) is 19.6 Å². The Kier molecular flexibility index (Phi) is 6.05. The molecule has 1 rings (SSSR count). The van der Waals surface area contributed by atoms with Crippen molar-refractivity contribution >= 4 is 5.91 Å². The van der Waals surface area contributed by atoms with Crippen molar-refractivity contribution in [2.45, 2.75) is 44.8 Å². The summed E-state index contributed by atoms with van der Waals surface area (Å²) in [4.78, 5) is 14.0. The zero-order chi connectivity index (χ0) is 13.6. The van der Waals surface area contributed by atoms with Crippen molar-refractivity contribution < 1.29 is 14.6 Å². The second-order valence-electron chi connectivity index (χ2n) is 5.25. The van der Waals surface area contributed by atoms with Gasteiger partial charge in [0.2, 0.25) is 5.91 Å². The van der Waals surface area contributed by atoms with Crippen molar-refractivity contribution in [3.8, 4) is 0 Å². The third kappa shape index (κ3) is 4.55. The van der Waals surface area contributed by atoms with Crippen LogP contribution < -0.4 is 5.32 Å². The molecule has 0 saturated carbocycles. The maximum atomic E-state index is 12.2. The Bertz CT molecular complexity index is 267. The molecule has 0 spiro atoms. The highest BCUT2D eigenvalue weighted by Crippen LogP contribution is 2.17. The summed E-state index contributed by atoms with van der Waals surface area (Å²) in [5, 5.41) is 13.4. The quantitative estimate of drug-likeness (QED) is 0.693. The summed E-state index contributed by atoms with van der Waals surface area (Å²) >= 11 is 0. The van der Waals surface area contributed by atoms with E-state index < -0.39 is 5.60 Å². The summed E-state index contributed by atoms with van der Waals surface area (Å²) in [5.41, 5.74) is -0.875. The van der Waals surface area contributed by atoms with Crippen LogP contribution >= 0.6 is 0 Å². The number of carbonyl (C=O) groups excluding carboxylic acids is 1. The molecule has 1 fully saturated rings. The van der Waals surface area contributed by atoms with Crippen molar-refractivity contribution in [2.75, 3.05) is 33.4 Å². The Morgan fingerprint density at radius 1 is 1.61 bits per heavy atom. The molecule has 2 atom stereocenters. The van der Waals surface area contributed by atoms with Crippen molar-refractivity contribution in [3.63, 3.8) is 0 Å². The molecule has 0 radical (unpaired) electrons. The van der Waals surface area contributed by atoms with Crippen LogP contribution in [-0.2, 0) is 9.53 Å². The van der Waals surface area contributed by atoms with Crippen molar-refractivity contribution in [2.24, 2.45) is 0 Å². The van der Waals surface area contributed by atoms with Crippen LogP contribution in [0.2, 0.25) is 0 Å². The molecule has 1 aliphatic rings. The normalized spacial score (nSPS) is 24.1. The van der Waals surface area contributed by atoms with E-state index in [-0.39, 0.29) is 11.9 Å². The summed E-state index contributed by atoms with van der Waals surface area (Å²) in [7, 11) is 1.61. The van der Waals surface area contributed by atoms with Gasteiger partial charge in [0.15, 0.2) is 0 Å². The lowest BCUT2D eigenvalue weighted by molar-refractivity contribution is -0.140. The first kappa shape index (κ1) is 15.4. The molecular formula is C13H26N2O3. The first-order chi connectivity index (χ1) is 8.50. The van der Waals surface area contributed by atoms with Crippen molar-refractivity contribution in [1.82, 2.24) is 10.2 Å². The van der Waals surface area contributed by atoms with Crippen LogP contribution in [-0.4, -0.2) is 60.9 Å². The molecule has 106 valence electrons. The van der Waals surface area contributed by atoms with E-state index in [9.17, 15) is 9.90 Å². The zero-order valence-electron chi connectivity index (χ0n) is 11.7. The number of hydrogen-bond acceptors (Lipinski definition) is 4. The van der Waals surface area contributed by atoms with Crippen LogP contribution in [0, 0.1) is 0 Å². The fourth-order valence-electron chi connectivity index (χ4n) is 2.35. The van der Waals surface area contributed by atoms with Gasteiger partial charge in [0.05, 0.1) is 11.6 Å². The molecule has 2 unspecified atom stereocenters. The number of nitrogens with zero attached hydrogens (tertiary/aromatic N) is 1. The number of piperidine rings is 1. The number of aliphatic hydroxyl groups is 1. The Hall–Kier alpha value is -0.650. The predicted molar refractivity (Wildman–Crippen MR) is 70.4 cm³/mol. The van der Waals surface area contributed by atoms with Gasteiger partial charge >= 0.3 is 0 Å². The Labute approximate surface area is 109 Å². The van der Waals surface area contributed by atoms with Gasteiger partial charge in [-0.1, -0.05) is 6.92 Å². The monoisotopic (exact) mass is 258 g/mol. The Morgan fingerprint density at radius 3 is 2.94 bits per heavy atom. The number of likely N-dealkylation sites (tertiary alicyclic amines) is 1. The maximum absolute atomic E-state index is 12.2. The molecule has 0 aromatic rings. The smallest absolute Gasteiger partial charge is 0.239 e. The number of hydrogen-bond donors (Lipinski definition) is 2. The molecule has 18 heavy (non-hydrogen) atoms. The zero-order valence-corrected chi connectivity index (χ0v) is 11.7. The van der Waals surface area contributed by atoms with Crippen molar-refractivity contribution in [1.29, 1.82) is 0 Å². The van der Waals surface area contributed by atoms with E-state index in [4.69, 9.17) is 4.74 Å². The lowest BCUT2D eigenvalue weighted by Gasteiger charge is -2.37. The molecule has 1 saturated heterocycles. The summed E-state index contributed by atoms with van der Waals surface area (Å²) in [6.45, 7) is 6.19. The van der Waals surface area contributed by atoms with Gasteiger partial charge in [0.1, 0.15) is 0 Å². The average Bonchev–Trinajstić information content (AvgIpc) is 2.32. The van der Waals surface area contributed by atoms with Crippen molar-refractivity contribution in [3.05, 3.63) is 0 Å². The van der Waals surface area contributed by atoms with E-state index in [2.05, 4.69) is 5.32 Å². The van der Waals surface area contributed by atoms with Gasteiger partial charge in [-0.2, -0.15) is 0 Å². The Balaban J connectivity index is 2.52. The number of likely N-dealkylation sites (N-methyl/N-ethyl adjacent to an activating group) is 1. The van der Waals surface area contributed by atoms with E-state index in [0.717, 1.165) is 25.9 Å². The van der Waals surface area contributed by atoms with Gasteiger partial charge in [0.25, 0.3) is 0 Å². The van der Waals surface area contributed by atoms with Gasteiger partial charge in [-0.05, 0) is 26.3 Å². The fraction of sp³-hybridized carbons (Fsp3) is 0.923. The van der Waals surface area contributed by atoms with E-state index >= 15 is 0 Å². The molecule has 1 heterocycles. The van der Waals surface area contributed by atoms with Gasteiger partial charge in [-0.25, -0.2) is 0 Å². The van der Waals surface area contributed by atoms with Crippen LogP contribution in [0.5, 0.6) is 0 Å². The van der Waals surface area contributed by atoms with Gasteiger partial charge in [-0.3, -0.25) is 4.79 Å².